The van der Waals surface area contributed by atoms with E-state index in [0.29, 0.717) is 17.6 Å². The number of hydrogen-bond donors (Lipinski definition) is 1. The predicted molar refractivity (Wildman–Crippen MR) is 101 cm³/mol. The molecule has 0 aromatic carbocycles. The molecule has 0 radical (unpaired) electrons. The SMILES string of the molecule is O=C(COC1CCCCC1)N(Cc1ccsc1)[C@H]1CC12CCNCC2. The lowest BCUT2D eigenvalue weighted by molar-refractivity contribution is -0.140. The topological polar surface area (TPSA) is 41.6 Å². The number of hydrogen-bond acceptors (Lipinski definition) is 4. The third-order valence-electron chi connectivity index (χ3n) is 6.37. The molecule has 0 unspecified atom stereocenters. The molecule has 0 bridgehead atoms. The highest BCUT2D eigenvalue weighted by atomic mass is 32.1. The van der Waals surface area contributed by atoms with Gasteiger partial charge in [0.05, 0.1) is 6.10 Å². The van der Waals surface area contributed by atoms with Gasteiger partial charge in [-0.3, -0.25) is 4.79 Å². The fraction of sp³-hybridized carbons (Fsp3) is 0.750. The average Bonchev–Trinajstić information content (AvgIpc) is 3.08. The molecule has 3 fully saturated rings. The van der Waals surface area contributed by atoms with Gasteiger partial charge in [0.2, 0.25) is 5.91 Å². The van der Waals surface area contributed by atoms with Gasteiger partial charge in [0.15, 0.2) is 0 Å². The summed E-state index contributed by atoms with van der Waals surface area (Å²) in [4.78, 5) is 15.1. The lowest BCUT2D eigenvalue weighted by atomic mass is 9.93. The average molecular weight is 363 g/mol. The van der Waals surface area contributed by atoms with Crippen LogP contribution in [0.3, 0.4) is 0 Å². The van der Waals surface area contributed by atoms with Crippen molar-refractivity contribution < 1.29 is 9.53 Å². The zero-order valence-corrected chi connectivity index (χ0v) is 15.9. The highest BCUT2D eigenvalue weighted by Crippen LogP contribution is 2.56. The molecular formula is C20H30N2O2S. The summed E-state index contributed by atoms with van der Waals surface area (Å²) in [6.45, 7) is 3.20. The number of carbonyl (C=O) groups is 1. The first kappa shape index (κ1) is 17.5. The van der Waals surface area contributed by atoms with Gasteiger partial charge >= 0.3 is 0 Å². The van der Waals surface area contributed by atoms with Crippen LogP contribution in [0.5, 0.6) is 0 Å². The minimum absolute atomic E-state index is 0.192. The normalized spacial score (nSPS) is 25.8. The van der Waals surface area contributed by atoms with E-state index in [4.69, 9.17) is 4.74 Å². The van der Waals surface area contributed by atoms with Crippen LogP contribution in [0.25, 0.3) is 0 Å². The van der Waals surface area contributed by atoms with E-state index < -0.39 is 0 Å². The van der Waals surface area contributed by atoms with Crippen LogP contribution >= 0.6 is 11.3 Å². The first-order valence-corrected chi connectivity index (χ1v) is 10.8. The molecule has 138 valence electrons. The number of piperidine rings is 1. The second-order valence-corrected chi connectivity index (χ2v) is 8.84. The van der Waals surface area contributed by atoms with Crippen molar-refractivity contribution in [2.45, 2.75) is 70.1 Å². The van der Waals surface area contributed by atoms with Crippen LogP contribution in [0.1, 0.15) is 56.9 Å². The van der Waals surface area contributed by atoms with E-state index in [-0.39, 0.29) is 12.5 Å². The number of ether oxygens (including phenoxy) is 1. The minimum Gasteiger partial charge on any atom is -0.368 e. The Bertz CT molecular complexity index is 562. The standard InChI is InChI=1S/C20H30N2O2S/c23-19(14-24-17-4-2-1-3-5-17)22(13-16-6-11-25-15-16)18-12-20(18)7-9-21-10-8-20/h6,11,15,17-18,21H,1-5,7-10,12-14H2/t18-/m0/s1. The summed E-state index contributed by atoms with van der Waals surface area (Å²) in [6, 6.07) is 2.56. The summed E-state index contributed by atoms with van der Waals surface area (Å²) in [5, 5.41) is 7.72. The summed E-state index contributed by atoms with van der Waals surface area (Å²) >= 11 is 1.71. The summed E-state index contributed by atoms with van der Waals surface area (Å²) in [5.41, 5.74) is 1.63. The molecule has 1 spiro atoms. The molecule has 1 aromatic heterocycles. The lowest BCUT2D eigenvalue weighted by Gasteiger charge is -2.30. The Morgan fingerprint density at radius 2 is 2.08 bits per heavy atom. The maximum Gasteiger partial charge on any atom is 0.249 e. The van der Waals surface area contributed by atoms with Gasteiger partial charge in [-0.2, -0.15) is 11.3 Å². The van der Waals surface area contributed by atoms with E-state index in [1.807, 2.05) is 0 Å². The van der Waals surface area contributed by atoms with Gasteiger partial charge in [-0.25, -0.2) is 0 Å². The van der Waals surface area contributed by atoms with E-state index in [0.717, 1.165) is 32.5 Å². The van der Waals surface area contributed by atoms with Gasteiger partial charge in [0.25, 0.3) is 0 Å². The van der Waals surface area contributed by atoms with E-state index >= 15 is 0 Å². The molecular weight excluding hydrogens is 332 g/mol. The largest absolute Gasteiger partial charge is 0.368 e. The first-order chi connectivity index (χ1) is 12.3. The Morgan fingerprint density at radius 3 is 2.80 bits per heavy atom. The summed E-state index contributed by atoms with van der Waals surface area (Å²) in [6.07, 6.45) is 9.93. The Morgan fingerprint density at radius 1 is 1.28 bits per heavy atom. The monoisotopic (exact) mass is 362 g/mol. The van der Waals surface area contributed by atoms with Crippen molar-refractivity contribution in [2.24, 2.45) is 5.41 Å². The number of amides is 1. The third-order valence-corrected chi connectivity index (χ3v) is 7.10. The van der Waals surface area contributed by atoms with Crippen molar-refractivity contribution >= 4 is 17.2 Å². The highest BCUT2D eigenvalue weighted by molar-refractivity contribution is 7.07. The number of nitrogens with zero attached hydrogens (tertiary/aromatic N) is 1. The molecule has 4 nitrogen and oxygen atoms in total. The molecule has 2 saturated carbocycles. The van der Waals surface area contributed by atoms with Gasteiger partial charge in [0, 0.05) is 12.6 Å². The molecule has 2 aliphatic carbocycles. The number of nitrogens with one attached hydrogen (secondary N) is 1. The third kappa shape index (κ3) is 4.09. The lowest BCUT2D eigenvalue weighted by Crippen LogP contribution is -2.41. The van der Waals surface area contributed by atoms with Crippen LogP contribution in [0.2, 0.25) is 0 Å². The molecule has 2 heterocycles. The maximum absolute atomic E-state index is 13.0. The van der Waals surface area contributed by atoms with Gasteiger partial charge < -0.3 is 15.0 Å². The van der Waals surface area contributed by atoms with Crippen molar-refractivity contribution in [3.05, 3.63) is 22.4 Å². The van der Waals surface area contributed by atoms with Crippen molar-refractivity contribution in [3.8, 4) is 0 Å². The van der Waals surface area contributed by atoms with Crippen LogP contribution in [0.4, 0.5) is 0 Å². The fourth-order valence-corrected chi connectivity index (χ4v) is 5.34. The maximum atomic E-state index is 13.0. The van der Waals surface area contributed by atoms with E-state index in [1.165, 1.54) is 44.1 Å². The minimum atomic E-state index is 0.192. The van der Waals surface area contributed by atoms with Crippen LogP contribution in [-0.4, -0.2) is 42.6 Å². The molecule has 1 N–H and O–H groups in total. The van der Waals surface area contributed by atoms with Gasteiger partial charge in [0.1, 0.15) is 6.61 Å². The Hall–Kier alpha value is -0.910. The molecule has 1 aromatic rings. The Kier molecular flexibility index (Phi) is 5.44. The molecule has 1 atom stereocenters. The van der Waals surface area contributed by atoms with Gasteiger partial charge in [-0.1, -0.05) is 19.3 Å². The molecule has 4 rings (SSSR count). The van der Waals surface area contributed by atoms with Crippen LogP contribution < -0.4 is 5.32 Å². The predicted octanol–water partition coefficient (Wildman–Crippen LogP) is 3.57. The fourth-order valence-electron chi connectivity index (χ4n) is 4.68. The first-order valence-electron chi connectivity index (χ1n) is 9.90. The van der Waals surface area contributed by atoms with Crippen molar-refractivity contribution in [1.29, 1.82) is 0 Å². The summed E-state index contributed by atoms with van der Waals surface area (Å²) in [5.74, 6) is 0.192. The highest BCUT2D eigenvalue weighted by Gasteiger charge is 2.57. The quantitative estimate of drug-likeness (QED) is 0.841. The second-order valence-electron chi connectivity index (χ2n) is 8.06. The van der Waals surface area contributed by atoms with E-state index in [9.17, 15) is 4.79 Å². The summed E-state index contributed by atoms with van der Waals surface area (Å²) < 4.78 is 6.00. The Labute approximate surface area is 154 Å². The zero-order chi connectivity index (χ0) is 17.1. The Balaban J connectivity index is 1.39. The van der Waals surface area contributed by atoms with Crippen LogP contribution in [0.15, 0.2) is 16.8 Å². The smallest absolute Gasteiger partial charge is 0.249 e. The number of thiophene rings is 1. The molecule has 5 heteroatoms. The molecule has 1 aliphatic heterocycles. The van der Waals surface area contributed by atoms with E-state index in [1.54, 1.807) is 11.3 Å². The van der Waals surface area contributed by atoms with Crippen LogP contribution in [0, 0.1) is 5.41 Å². The van der Waals surface area contributed by atoms with E-state index in [2.05, 4.69) is 27.0 Å². The number of carbonyl (C=O) groups excluding carboxylic acids is 1. The molecule has 25 heavy (non-hydrogen) atoms. The van der Waals surface area contributed by atoms with Crippen molar-refractivity contribution in [1.82, 2.24) is 10.2 Å². The zero-order valence-electron chi connectivity index (χ0n) is 15.0. The van der Waals surface area contributed by atoms with Crippen molar-refractivity contribution in [3.63, 3.8) is 0 Å². The molecule has 1 saturated heterocycles. The van der Waals surface area contributed by atoms with Gasteiger partial charge in [-0.15, -0.1) is 0 Å². The number of rotatable bonds is 6. The van der Waals surface area contributed by atoms with Crippen LogP contribution in [-0.2, 0) is 16.1 Å². The molecule has 3 aliphatic rings. The molecule has 1 amide bonds. The summed E-state index contributed by atoms with van der Waals surface area (Å²) in [7, 11) is 0. The van der Waals surface area contributed by atoms with Gasteiger partial charge in [-0.05, 0) is 73.0 Å². The van der Waals surface area contributed by atoms with Crippen molar-refractivity contribution in [2.75, 3.05) is 19.7 Å². The second kappa shape index (κ2) is 7.77.